The molecule has 0 aromatic heterocycles. The molecule has 2 aliphatic rings. The molecule has 0 spiro atoms. The Morgan fingerprint density at radius 3 is 2.48 bits per heavy atom. The van der Waals surface area contributed by atoms with E-state index in [4.69, 9.17) is 19.9 Å². The fourth-order valence-corrected chi connectivity index (χ4v) is 3.27. The quantitative estimate of drug-likeness (QED) is 0.865. The van der Waals surface area contributed by atoms with Gasteiger partial charge in [0.1, 0.15) is 17.4 Å². The first-order chi connectivity index (χ1) is 12.0. The first-order valence-corrected chi connectivity index (χ1v) is 7.80. The summed E-state index contributed by atoms with van der Waals surface area (Å²) in [6, 6.07) is 5.19. The van der Waals surface area contributed by atoms with E-state index in [1.807, 2.05) is 6.07 Å². The first kappa shape index (κ1) is 16.7. The zero-order chi connectivity index (χ0) is 18.1. The molecule has 130 valence electrons. The van der Waals surface area contributed by atoms with Gasteiger partial charge in [0.2, 0.25) is 11.6 Å². The van der Waals surface area contributed by atoms with Crippen molar-refractivity contribution in [1.29, 1.82) is 5.26 Å². The number of Topliss-reactive ketones (excluding diaryl/α,β-unsaturated/α-hetero) is 1. The van der Waals surface area contributed by atoms with E-state index in [9.17, 15) is 15.2 Å². The Balaban J connectivity index is 2.24. The number of hydrogen-bond acceptors (Lipinski definition) is 7. The van der Waals surface area contributed by atoms with Crippen molar-refractivity contribution in [3.8, 4) is 23.3 Å². The number of carbonyl (C=O) groups is 1. The van der Waals surface area contributed by atoms with Crippen LogP contribution in [-0.2, 0) is 9.53 Å². The molecule has 0 amide bonds. The third-order valence-corrected chi connectivity index (χ3v) is 4.44. The van der Waals surface area contributed by atoms with Crippen molar-refractivity contribution in [3.63, 3.8) is 0 Å². The van der Waals surface area contributed by atoms with Crippen LogP contribution in [-0.4, -0.2) is 25.1 Å². The lowest BCUT2D eigenvalue weighted by molar-refractivity contribution is -0.116. The summed E-state index contributed by atoms with van der Waals surface area (Å²) in [6.07, 6.45) is 1.66. The Morgan fingerprint density at radius 1 is 1.28 bits per heavy atom. The Bertz CT molecular complexity index is 823. The van der Waals surface area contributed by atoms with Gasteiger partial charge < -0.3 is 25.1 Å². The maximum absolute atomic E-state index is 12.5. The molecule has 1 aromatic carbocycles. The van der Waals surface area contributed by atoms with Gasteiger partial charge in [0, 0.05) is 18.4 Å². The second kappa shape index (κ2) is 6.40. The van der Waals surface area contributed by atoms with Crippen LogP contribution in [0.25, 0.3) is 0 Å². The molecular formula is C18H18N2O5. The first-order valence-electron chi connectivity index (χ1n) is 7.80. The Labute approximate surface area is 144 Å². The molecule has 0 fully saturated rings. The molecule has 0 saturated heterocycles. The molecule has 0 saturated carbocycles. The Morgan fingerprint density at radius 2 is 1.92 bits per heavy atom. The van der Waals surface area contributed by atoms with Gasteiger partial charge in [-0.3, -0.25) is 4.79 Å². The van der Waals surface area contributed by atoms with Crippen molar-refractivity contribution < 1.29 is 24.1 Å². The number of carbonyl (C=O) groups excluding carboxylic acids is 1. The van der Waals surface area contributed by atoms with Gasteiger partial charge in [-0.2, -0.15) is 5.26 Å². The van der Waals surface area contributed by atoms with Crippen molar-refractivity contribution in [1.82, 2.24) is 0 Å². The van der Waals surface area contributed by atoms with Crippen molar-refractivity contribution in [3.05, 3.63) is 40.5 Å². The highest BCUT2D eigenvalue weighted by atomic mass is 16.5. The number of rotatable bonds is 3. The number of nitriles is 1. The molecule has 1 unspecified atom stereocenters. The lowest BCUT2D eigenvalue weighted by Crippen LogP contribution is -2.27. The van der Waals surface area contributed by atoms with Crippen LogP contribution in [0.15, 0.2) is 34.9 Å². The largest absolute Gasteiger partial charge is 0.502 e. The fourth-order valence-electron chi connectivity index (χ4n) is 3.27. The summed E-state index contributed by atoms with van der Waals surface area (Å²) in [4.78, 5) is 12.5. The maximum Gasteiger partial charge on any atom is 0.205 e. The number of nitrogens with two attached hydrogens (primary N) is 1. The Hall–Kier alpha value is -3.14. The van der Waals surface area contributed by atoms with Gasteiger partial charge in [0.15, 0.2) is 17.3 Å². The van der Waals surface area contributed by atoms with E-state index in [2.05, 4.69) is 0 Å². The summed E-state index contributed by atoms with van der Waals surface area (Å²) < 4.78 is 15.9. The van der Waals surface area contributed by atoms with E-state index in [0.29, 0.717) is 36.2 Å². The van der Waals surface area contributed by atoms with Crippen LogP contribution in [0.3, 0.4) is 0 Å². The zero-order valence-corrected chi connectivity index (χ0v) is 14.0. The number of ether oxygens (including phenoxy) is 3. The van der Waals surface area contributed by atoms with Crippen LogP contribution in [0, 0.1) is 11.3 Å². The fraction of sp³-hybridized carbons (Fsp3) is 0.333. The molecule has 7 heteroatoms. The lowest BCUT2D eigenvalue weighted by Gasteiger charge is -2.31. The molecule has 3 N–H and O–H groups in total. The summed E-state index contributed by atoms with van der Waals surface area (Å²) >= 11 is 0. The number of phenolic OH excluding ortho intramolecular Hbond substituents is 1. The van der Waals surface area contributed by atoms with E-state index >= 15 is 0 Å². The van der Waals surface area contributed by atoms with Crippen LogP contribution < -0.4 is 15.2 Å². The van der Waals surface area contributed by atoms with Crippen molar-refractivity contribution >= 4 is 5.78 Å². The van der Waals surface area contributed by atoms with Gasteiger partial charge in [-0.1, -0.05) is 0 Å². The highest BCUT2D eigenvalue weighted by Gasteiger charge is 2.38. The second-order valence-corrected chi connectivity index (χ2v) is 5.81. The Kier molecular flexibility index (Phi) is 4.28. The average molecular weight is 342 g/mol. The predicted octanol–water partition coefficient (Wildman–Crippen LogP) is 2.22. The molecule has 3 rings (SSSR count). The van der Waals surface area contributed by atoms with Gasteiger partial charge in [0.05, 0.1) is 20.1 Å². The number of aromatic hydroxyl groups is 1. The van der Waals surface area contributed by atoms with Crippen molar-refractivity contribution in [2.45, 2.75) is 25.2 Å². The molecule has 1 aliphatic carbocycles. The molecule has 0 bridgehead atoms. The van der Waals surface area contributed by atoms with Crippen molar-refractivity contribution in [2.24, 2.45) is 5.73 Å². The van der Waals surface area contributed by atoms with Gasteiger partial charge in [-0.05, 0) is 24.1 Å². The number of ketones is 1. The summed E-state index contributed by atoms with van der Waals surface area (Å²) in [6.45, 7) is 0. The number of nitrogens with zero attached hydrogens (tertiary/aromatic N) is 1. The smallest absolute Gasteiger partial charge is 0.205 e. The molecule has 25 heavy (non-hydrogen) atoms. The minimum absolute atomic E-state index is 0.00745. The van der Waals surface area contributed by atoms with Gasteiger partial charge >= 0.3 is 0 Å². The van der Waals surface area contributed by atoms with E-state index in [0.717, 1.165) is 0 Å². The highest BCUT2D eigenvalue weighted by Crippen LogP contribution is 2.47. The highest BCUT2D eigenvalue weighted by molar-refractivity contribution is 5.99. The monoisotopic (exact) mass is 342 g/mol. The SMILES string of the molecule is COc1cc(C2C(C#N)=C(N)OC3=C2C(=O)CCC3)cc(OC)c1O. The summed E-state index contributed by atoms with van der Waals surface area (Å²) in [5.41, 5.74) is 7.08. The summed E-state index contributed by atoms with van der Waals surface area (Å²) in [7, 11) is 2.82. The number of allylic oxidation sites excluding steroid dienone is 3. The lowest BCUT2D eigenvalue weighted by atomic mass is 9.77. The summed E-state index contributed by atoms with van der Waals surface area (Å²) in [5, 5.41) is 19.7. The average Bonchev–Trinajstić information content (AvgIpc) is 2.61. The van der Waals surface area contributed by atoms with Crippen LogP contribution in [0.2, 0.25) is 0 Å². The van der Waals surface area contributed by atoms with E-state index in [-0.39, 0.29) is 34.5 Å². The van der Waals surface area contributed by atoms with Gasteiger partial charge in [-0.15, -0.1) is 0 Å². The third-order valence-electron chi connectivity index (χ3n) is 4.44. The van der Waals surface area contributed by atoms with Crippen LogP contribution >= 0.6 is 0 Å². The van der Waals surface area contributed by atoms with E-state index < -0.39 is 5.92 Å². The summed E-state index contributed by atoms with van der Waals surface area (Å²) in [5.74, 6) is -0.0390. The van der Waals surface area contributed by atoms with Crippen molar-refractivity contribution in [2.75, 3.05) is 14.2 Å². The molecule has 1 aromatic rings. The van der Waals surface area contributed by atoms with Gasteiger partial charge in [-0.25, -0.2) is 0 Å². The van der Waals surface area contributed by atoms with Crippen LogP contribution in [0.5, 0.6) is 17.2 Å². The number of methoxy groups -OCH3 is 2. The standard InChI is InChI=1S/C18H18N2O5/c1-23-13-6-9(7-14(24-2)17(13)22)15-10(8-19)18(20)25-12-5-3-4-11(21)16(12)15/h6-7,15,22H,3-5,20H2,1-2H3. The maximum atomic E-state index is 12.5. The van der Waals surface area contributed by atoms with Crippen LogP contribution in [0.1, 0.15) is 30.7 Å². The number of benzene rings is 1. The number of phenols is 1. The van der Waals surface area contributed by atoms with Gasteiger partial charge in [0.25, 0.3) is 0 Å². The number of hydrogen-bond donors (Lipinski definition) is 2. The minimum Gasteiger partial charge on any atom is -0.502 e. The molecular weight excluding hydrogens is 324 g/mol. The predicted molar refractivity (Wildman–Crippen MR) is 87.7 cm³/mol. The molecule has 0 radical (unpaired) electrons. The van der Waals surface area contributed by atoms with Crippen LogP contribution in [0.4, 0.5) is 0 Å². The minimum atomic E-state index is -0.676. The molecule has 1 heterocycles. The zero-order valence-electron chi connectivity index (χ0n) is 14.0. The molecule has 1 atom stereocenters. The topological polar surface area (TPSA) is 115 Å². The normalized spacial score (nSPS) is 19.9. The molecule has 7 nitrogen and oxygen atoms in total. The van der Waals surface area contributed by atoms with E-state index in [1.165, 1.54) is 14.2 Å². The second-order valence-electron chi connectivity index (χ2n) is 5.81. The third kappa shape index (κ3) is 2.66. The van der Waals surface area contributed by atoms with E-state index in [1.54, 1.807) is 12.1 Å². The molecule has 1 aliphatic heterocycles.